The van der Waals surface area contributed by atoms with Gasteiger partial charge in [-0.1, -0.05) is 24.7 Å². The van der Waals surface area contributed by atoms with E-state index in [4.69, 9.17) is 0 Å². The lowest BCUT2D eigenvalue weighted by Gasteiger charge is -2.18. The van der Waals surface area contributed by atoms with Gasteiger partial charge in [-0.25, -0.2) is 13.2 Å². The summed E-state index contributed by atoms with van der Waals surface area (Å²) in [7, 11) is 2.61. The number of hydrogen-bond acceptors (Lipinski definition) is 6. The molecule has 0 unspecified atom stereocenters. The highest BCUT2D eigenvalue weighted by Crippen LogP contribution is 2.25. The van der Waals surface area contributed by atoms with Gasteiger partial charge in [-0.05, 0) is 6.42 Å². The second kappa shape index (κ2) is 7.14. The van der Waals surface area contributed by atoms with E-state index in [0.717, 1.165) is 24.2 Å². The first kappa shape index (κ1) is 17.8. The van der Waals surface area contributed by atoms with Crippen LogP contribution >= 0.6 is 11.3 Å². The summed E-state index contributed by atoms with van der Waals surface area (Å²) in [5, 5.41) is 7.74. The first-order valence-corrected chi connectivity index (χ1v) is 8.72. The largest absolute Gasteiger partial charge is 0.330 e. The fraction of sp³-hybridized carbons (Fsp3) is 0.727. The van der Waals surface area contributed by atoms with Gasteiger partial charge in [0.25, 0.3) is 10.0 Å². The van der Waals surface area contributed by atoms with E-state index in [2.05, 4.69) is 10.2 Å². The van der Waals surface area contributed by atoms with Crippen LogP contribution in [-0.2, 0) is 10.0 Å². The van der Waals surface area contributed by atoms with Crippen molar-refractivity contribution in [3.8, 4) is 0 Å². The quantitative estimate of drug-likeness (QED) is 0.726. The average Bonchev–Trinajstić information content (AvgIpc) is 2.93. The molecule has 21 heavy (non-hydrogen) atoms. The van der Waals surface area contributed by atoms with E-state index < -0.39 is 10.0 Å². The molecule has 120 valence electrons. The molecule has 1 aromatic heterocycles. The van der Waals surface area contributed by atoms with Crippen LogP contribution in [0.3, 0.4) is 0 Å². The van der Waals surface area contributed by atoms with E-state index in [9.17, 15) is 13.2 Å². The van der Waals surface area contributed by atoms with E-state index in [1.165, 1.54) is 28.2 Å². The Morgan fingerprint density at radius 3 is 2.33 bits per heavy atom. The normalized spacial score (nSPS) is 11.7. The molecule has 0 fully saturated rings. The summed E-state index contributed by atoms with van der Waals surface area (Å²) in [6.07, 6.45) is 1.68. The third kappa shape index (κ3) is 4.11. The molecule has 0 bridgehead atoms. The number of aromatic nitrogens is 2. The Balaban J connectivity index is 2.95. The van der Waals surface area contributed by atoms with Gasteiger partial charge in [-0.3, -0.25) is 4.90 Å². The van der Waals surface area contributed by atoms with Crippen LogP contribution in [0.4, 0.5) is 9.93 Å². The molecule has 0 aromatic carbocycles. The molecule has 1 aromatic rings. The van der Waals surface area contributed by atoms with Gasteiger partial charge in [0.1, 0.15) is 0 Å². The lowest BCUT2D eigenvalue weighted by atomic mass is 10.3. The SMILES string of the molecule is CCCCN(C)S(=O)(=O)c1nnc(N(C)C(=O)N(C)C)s1. The first-order valence-electron chi connectivity index (χ1n) is 6.46. The molecule has 0 aliphatic rings. The van der Waals surface area contributed by atoms with Crippen LogP contribution in [0.2, 0.25) is 0 Å². The Morgan fingerprint density at radius 1 is 1.19 bits per heavy atom. The smallest absolute Gasteiger partial charge is 0.325 e. The van der Waals surface area contributed by atoms with Gasteiger partial charge in [0.15, 0.2) is 0 Å². The molecule has 2 amide bonds. The van der Waals surface area contributed by atoms with Gasteiger partial charge >= 0.3 is 6.03 Å². The number of sulfonamides is 1. The van der Waals surface area contributed by atoms with Gasteiger partial charge in [0.2, 0.25) is 9.47 Å². The molecule has 10 heteroatoms. The maximum Gasteiger partial charge on any atom is 0.325 e. The highest BCUT2D eigenvalue weighted by atomic mass is 32.2. The number of urea groups is 1. The van der Waals surface area contributed by atoms with Crippen LogP contribution < -0.4 is 4.90 Å². The standard InChI is InChI=1S/C11H21N5O3S2/c1-6-7-8-15(4)21(18,19)10-13-12-9(20-10)16(5)11(17)14(2)3/h6-8H2,1-5H3. The van der Waals surface area contributed by atoms with Gasteiger partial charge < -0.3 is 4.90 Å². The number of rotatable bonds is 6. The van der Waals surface area contributed by atoms with E-state index in [0.29, 0.717) is 6.54 Å². The molecular weight excluding hydrogens is 314 g/mol. The molecule has 0 N–H and O–H groups in total. The number of amides is 2. The van der Waals surface area contributed by atoms with E-state index in [1.807, 2.05) is 6.92 Å². The second-order valence-corrected chi connectivity index (χ2v) is 7.94. The summed E-state index contributed by atoms with van der Waals surface area (Å²) in [6.45, 7) is 2.42. The molecule has 0 saturated carbocycles. The predicted molar refractivity (Wildman–Crippen MR) is 82.1 cm³/mol. The Labute approximate surface area is 129 Å². The van der Waals surface area contributed by atoms with E-state index in [-0.39, 0.29) is 15.5 Å². The zero-order chi connectivity index (χ0) is 16.2. The van der Waals surface area contributed by atoms with Crippen LogP contribution in [0.15, 0.2) is 4.34 Å². The molecule has 0 radical (unpaired) electrons. The molecule has 0 aliphatic carbocycles. The Morgan fingerprint density at radius 2 is 1.81 bits per heavy atom. The summed E-state index contributed by atoms with van der Waals surface area (Å²) in [5.41, 5.74) is 0. The zero-order valence-corrected chi connectivity index (χ0v) is 14.5. The van der Waals surface area contributed by atoms with Gasteiger partial charge in [0, 0.05) is 34.7 Å². The highest BCUT2D eigenvalue weighted by Gasteiger charge is 2.27. The molecular formula is C11H21N5O3S2. The second-order valence-electron chi connectivity index (χ2n) is 4.77. The fourth-order valence-corrected chi connectivity index (χ4v) is 3.80. The number of carbonyl (C=O) groups excluding carboxylic acids is 1. The van der Waals surface area contributed by atoms with Crippen molar-refractivity contribution in [2.75, 3.05) is 39.6 Å². The molecule has 0 aliphatic heterocycles. The van der Waals surface area contributed by atoms with Crippen molar-refractivity contribution < 1.29 is 13.2 Å². The molecule has 1 rings (SSSR count). The van der Waals surface area contributed by atoms with Gasteiger partial charge in [-0.15, -0.1) is 10.2 Å². The predicted octanol–water partition coefficient (Wildman–Crippen LogP) is 1.08. The molecule has 1 heterocycles. The Bertz CT molecular complexity index is 584. The molecule has 0 atom stereocenters. The van der Waals surface area contributed by atoms with Crippen LogP contribution in [0.1, 0.15) is 19.8 Å². The van der Waals surface area contributed by atoms with Crippen molar-refractivity contribution in [2.45, 2.75) is 24.1 Å². The summed E-state index contributed by atoms with van der Waals surface area (Å²) in [6, 6.07) is -0.297. The first-order chi connectivity index (χ1) is 9.71. The molecule has 0 saturated heterocycles. The third-order valence-electron chi connectivity index (χ3n) is 2.81. The lowest BCUT2D eigenvalue weighted by Crippen LogP contribution is -2.36. The minimum atomic E-state index is -3.64. The lowest BCUT2D eigenvalue weighted by molar-refractivity contribution is 0.225. The number of hydrogen-bond donors (Lipinski definition) is 0. The number of carbonyl (C=O) groups is 1. The highest BCUT2D eigenvalue weighted by molar-refractivity contribution is 7.91. The van der Waals surface area contributed by atoms with Crippen molar-refractivity contribution >= 4 is 32.5 Å². The minimum absolute atomic E-state index is 0.102. The molecule has 0 spiro atoms. The van der Waals surface area contributed by atoms with E-state index >= 15 is 0 Å². The molecule has 8 nitrogen and oxygen atoms in total. The van der Waals surface area contributed by atoms with Crippen LogP contribution in [0.25, 0.3) is 0 Å². The zero-order valence-electron chi connectivity index (χ0n) is 12.9. The topological polar surface area (TPSA) is 86.7 Å². The van der Waals surface area contributed by atoms with Crippen molar-refractivity contribution in [3.63, 3.8) is 0 Å². The number of anilines is 1. The number of unbranched alkanes of at least 4 members (excludes halogenated alkanes) is 1. The van der Waals surface area contributed by atoms with Crippen molar-refractivity contribution in [1.82, 2.24) is 19.4 Å². The van der Waals surface area contributed by atoms with Crippen molar-refractivity contribution in [3.05, 3.63) is 0 Å². The Hall–Kier alpha value is -1.26. The minimum Gasteiger partial charge on any atom is -0.330 e. The third-order valence-corrected chi connectivity index (χ3v) is 6.01. The van der Waals surface area contributed by atoms with Gasteiger partial charge in [-0.2, -0.15) is 4.31 Å². The summed E-state index contributed by atoms with van der Waals surface area (Å²) < 4.78 is 25.8. The summed E-state index contributed by atoms with van der Waals surface area (Å²) in [4.78, 5) is 14.5. The maximum atomic E-state index is 12.3. The Kier molecular flexibility index (Phi) is 6.05. The number of nitrogens with zero attached hydrogens (tertiary/aromatic N) is 5. The average molecular weight is 335 g/mol. The van der Waals surface area contributed by atoms with Crippen LogP contribution in [0, 0.1) is 0 Å². The van der Waals surface area contributed by atoms with Gasteiger partial charge in [0.05, 0.1) is 0 Å². The van der Waals surface area contributed by atoms with Crippen LogP contribution in [0.5, 0.6) is 0 Å². The maximum absolute atomic E-state index is 12.3. The van der Waals surface area contributed by atoms with Crippen molar-refractivity contribution in [1.29, 1.82) is 0 Å². The monoisotopic (exact) mass is 335 g/mol. The summed E-state index contributed by atoms with van der Waals surface area (Å²) >= 11 is 0.882. The summed E-state index contributed by atoms with van der Waals surface area (Å²) in [5.74, 6) is 0. The van der Waals surface area contributed by atoms with Crippen LogP contribution in [-0.4, -0.2) is 68.6 Å². The van der Waals surface area contributed by atoms with E-state index in [1.54, 1.807) is 14.1 Å². The fourth-order valence-electron chi connectivity index (χ4n) is 1.46. The van der Waals surface area contributed by atoms with Crippen molar-refractivity contribution in [2.24, 2.45) is 0 Å².